The second kappa shape index (κ2) is 10.6. The molecule has 0 aliphatic heterocycles. The van der Waals surface area contributed by atoms with Crippen molar-refractivity contribution in [2.45, 2.75) is 64.0 Å². The van der Waals surface area contributed by atoms with Crippen LogP contribution in [0.1, 0.15) is 67.3 Å². The Hall–Kier alpha value is -2.82. The highest BCUT2D eigenvalue weighted by Gasteiger charge is 2.27. The van der Waals surface area contributed by atoms with Crippen LogP contribution in [0, 0.1) is 0 Å². The molecule has 0 spiro atoms. The van der Waals surface area contributed by atoms with Gasteiger partial charge in [0.15, 0.2) is 5.75 Å². The number of phenolic OH excluding ortho intramolecular Hbond substituents is 1. The van der Waals surface area contributed by atoms with Crippen molar-refractivity contribution >= 4 is 18.0 Å². The predicted octanol–water partition coefficient (Wildman–Crippen LogP) is 5.11. The van der Waals surface area contributed by atoms with Crippen molar-refractivity contribution in [1.82, 2.24) is 4.90 Å². The molecule has 0 heterocycles. The third-order valence-corrected chi connectivity index (χ3v) is 5.70. The number of rotatable bonds is 6. The Morgan fingerprint density at radius 2 is 1.62 bits per heavy atom. The lowest BCUT2D eigenvalue weighted by Crippen LogP contribution is -2.40. The molecule has 1 aliphatic rings. The number of amides is 2. The number of anilines is 1. The second-order valence-corrected chi connectivity index (χ2v) is 7.74. The quantitative estimate of drug-likeness (QED) is 0.529. The van der Waals surface area contributed by atoms with Crippen molar-refractivity contribution < 1.29 is 14.7 Å². The Labute approximate surface area is 172 Å². The highest BCUT2D eigenvalue weighted by molar-refractivity contribution is 5.99. The summed E-state index contributed by atoms with van der Waals surface area (Å²) in [5.41, 5.74) is 1.55. The first kappa shape index (κ1) is 20.9. The molecule has 0 unspecified atom stereocenters. The number of hydrogen-bond donors (Lipinski definition) is 2. The molecular weight excluding hydrogens is 364 g/mol. The Morgan fingerprint density at radius 1 is 0.966 bits per heavy atom. The molecular formula is C24H30N2O3. The maximum Gasteiger partial charge on any atom is 0.258 e. The monoisotopic (exact) mass is 394 g/mol. The minimum absolute atomic E-state index is 0.142. The van der Waals surface area contributed by atoms with E-state index in [9.17, 15) is 14.7 Å². The normalized spacial score (nSPS) is 15.6. The zero-order chi connectivity index (χ0) is 20.5. The van der Waals surface area contributed by atoms with Crippen molar-refractivity contribution in [1.29, 1.82) is 0 Å². The molecule has 0 saturated heterocycles. The van der Waals surface area contributed by atoms with Crippen LogP contribution < -0.4 is 5.32 Å². The Morgan fingerprint density at radius 3 is 2.28 bits per heavy atom. The van der Waals surface area contributed by atoms with E-state index >= 15 is 0 Å². The fourth-order valence-corrected chi connectivity index (χ4v) is 4.12. The SMILES string of the molecule is O=CNc1cccc(C(=O)N(Cc2ccccc2)C2CCCCCCCC2)c1O. The first-order valence-electron chi connectivity index (χ1n) is 10.6. The van der Waals surface area contributed by atoms with Gasteiger partial charge in [0, 0.05) is 12.6 Å². The van der Waals surface area contributed by atoms with E-state index in [2.05, 4.69) is 5.32 Å². The number of carbonyl (C=O) groups excluding carboxylic acids is 2. The van der Waals surface area contributed by atoms with Crippen molar-refractivity contribution in [2.75, 3.05) is 5.32 Å². The van der Waals surface area contributed by atoms with Gasteiger partial charge in [0.2, 0.25) is 6.41 Å². The number of phenols is 1. The van der Waals surface area contributed by atoms with Crippen molar-refractivity contribution in [3.63, 3.8) is 0 Å². The molecule has 1 fully saturated rings. The molecule has 5 heteroatoms. The summed E-state index contributed by atoms with van der Waals surface area (Å²) in [6.07, 6.45) is 9.62. The van der Waals surface area contributed by atoms with E-state index < -0.39 is 0 Å². The summed E-state index contributed by atoms with van der Waals surface area (Å²) in [5, 5.41) is 13.0. The predicted molar refractivity (Wildman–Crippen MR) is 115 cm³/mol. The van der Waals surface area contributed by atoms with Gasteiger partial charge < -0.3 is 15.3 Å². The van der Waals surface area contributed by atoms with Crippen LogP contribution in [0.25, 0.3) is 0 Å². The largest absolute Gasteiger partial charge is 0.505 e. The van der Waals surface area contributed by atoms with E-state index in [4.69, 9.17) is 0 Å². The summed E-state index contributed by atoms with van der Waals surface area (Å²) >= 11 is 0. The highest BCUT2D eigenvalue weighted by atomic mass is 16.3. The topological polar surface area (TPSA) is 69.6 Å². The third-order valence-electron chi connectivity index (χ3n) is 5.70. The maximum atomic E-state index is 13.6. The summed E-state index contributed by atoms with van der Waals surface area (Å²) in [4.78, 5) is 26.3. The van der Waals surface area contributed by atoms with Crippen molar-refractivity contribution in [3.05, 3.63) is 59.7 Å². The van der Waals surface area contributed by atoms with Gasteiger partial charge in [-0.15, -0.1) is 0 Å². The van der Waals surface area contributed by atoms with Crippen LogP contribution in [0.4, 0.5) is 5.69 Å². The summed E-state index contributed by atoms with van der Waals surface area (Å²) in [6.45, 7) is 0.509. The lowest BCUT2D eigenvalue weighted by molar-refractivity contribution is -0.105. The molecule has 0 radical (unpaired) electrons. The summed E-state index contributed by atoms with van der Waals surface area (Å²) in [6, 6.07) is 15.0. The number of nitrogens with zero attached hydrogens (tertiary/aromatic N) is 1. The van der Waals surface area contributed by atoms with Crippen molar-refractivity contribution in [3.8, 4) is 5.75 Å². The maximum absolute atomic E-state index is 13.6. The average molecular weight is 395 g/mol. The van der Waals surface area contributed by atoms with E-state index in [1.165, 1.54) is 25.7 Å². The Bertz CT molecular complexity index is 797. The van der Waals surface area contributed by atoms with Gasteiger partial charge in [0.1, 0.15) is 0 Å². The van der Waals surface area contributed by atoms with Gasteiger partial charge in [0.05, 0.1) is 11.3 Å². The number of nitrogens with one attached hydrogen (secondary N) is 1. The molecule has 29 heavy (non-hydrogen) atoms. The van der Waals surface area contributed by atoms with Crippen LogP contribution in [0.3, 0.4) is 0 Å². The number of hydrogen-bond acceptors (Lipinski definition) is 3. The highest BCUT2D eigenvalue weighted by Crippen LogP contribution is 2.31. The minimum Gasteiger partial charge on any atom is -0.505 e. The van der Waals surface area contributed by atoms with Crippen LogP contribution in [0.5, 0.6) is 5.75 Å². The lowest BCUT2D eigenvalue weighted by atomic mass is 10.0. The van der Waals surface area contributed by atoms with E-state index in [0.717, 1.165) is 31.2 Å². The standard InChI is InChI=1S/C24H30N2O3/c27-18-25-22-16-10-15-21(23(22)28)24(29)26(17-19-11-6-5-7-12-19)20-13-8-3-1-2-4-9-14-20/h5-7,10-12,15-16,18,20,28H,1-4,8-9,13-14,17H2,(H,25,27). The van der Waals surface area contributed by atoms with Gasteiger partial charge in [-0.25, -0.2) is 0 Å². The molecule has 1 saturated carbocycles. The van der Waals surface area contributed by atoms with Gasteiger partial charge >= 0.3 is 0 Å². The second-order valence-electron chi connectivity index (χ2n) is 7.74. The number of carbonyl (C=O) groups is 2. The van der Waals surface area contributed by atoms with E-state index in [1.807, 2.05) is 35.2 Å². The smallest absolute Gasteiger partial charge is 0.258 e. The first-order chi connectivity index (χ1) is 14.2. The van der Waals surface area contributed by atoms with Crippen LogP contribution in [0.15, 0.2) is 48.5 Å². The van der Waals surface area contributed by atoms with Gasteiger partial charge in [-0.1, -0.05) is 74.9 Å². The van der Waals surface area contributed by atoms with Gasteiger partial charge in [-0.3, -0.25) is 9.59 Å². The first-order valence-corrected chi connectivity index (χ1v) is 10.6. The van der Waals surface area contributed by atoms with Gasteiger partial charge in [-0.2, -0.15) is 0 Å². The fraction of sp³-hybridized carbons (Fsp3) is 0.417. The molecule has 2 amide bonds. The average Bonchev–Trinajstić information content (AvgIpc) is 2.88. The molecule has 3 rings (SSSR count). The fourth-order valence-electron chi connectivity index (χ4n) is 4.12. The molecule has 0 bridgehead atoms. The Kier molecular flexibility index (Phi) is 7.68. The summed E-state index contributed by atoms with van der Waals surface area (Å²) in [7, 11) is 0. The Balaban J connectivity index is 1.92. The molecule has 2 aromatic rings. The van der Waals surface area contributed by atoms with Crippen LogP contribution in [-0.4, -0.2) is 28.4 Å². The van der Waals surface area contributed by atoms with E-state index in [0.29, 0.717) is 13.0 Å². The molecule has 5 nitrogen and oxygen atoms in total. The van der Waals surface area contributed by atoms with Gasteiger partial charge in [-0.05, 0) is 30.5 Å². The zero-order valence-electron chi connectivity index (χ0n) is 16.8. The molecule has 0 atom stereocenters. The third kappa shape index (κ3) is 5.59. The zero-order valence-corrected chi connectivity index (χ0v) is 16.8. The molecule has 2 aromatic carbocycles. The lowest BCUT2D eigenvalue weighted by Gasteiger charge is -2.32. The van der Waals surface area contributed by atoms with E-state index in [1.54, 1.807) is 18.2 Å². The molecule has 0 aromatic heterocycles. The van der Waals surface area contributed by atoms with Crippen LogP contribution in [0.2, 0.25) is 0 Å². The van der Waals surface area contributed by atoms with Crippen LogP contribution >= 0.6 is 0 Å². The summed E-state index contributed by atoms with van der Waals surface area (Å²) in [5.74, 6) is -0.365. The number of benzene rings is 2. The van der Waals surface area contributed by atoms with Crippen molar-refractivity contribution in [2.24, 2.45) is 0 Å². The molecule has 2 N–H and O–H groups in total. The summed E-state index contributed by atoms with van der Waals surface area (Å²) < 4.78 is 0. The minimum atomic E-state index is -0.190. The number of aromatic hydroxyl groups is 1. The van der Waals surface area contributed by atoms with Crippen LogP contribution in [-0.2, 0) is 11.3 Å². The molecule has 1 aliphatic carbocycles. The van der Waals surface area contributed by atoms with Gasteiger partial charge in [0.25, 0.3) is 5.91 Å². The number of para-hydroxylation sites is 1. The molecule has 154 valence electrons. The van der Waals surface area contributed by atoms with E-state index in [-0.39, 0.29) is 28.9 Å².